The SMILES string of the molecule is Cc1ccc(OCC(=O)N(C)[C@@H](C)c2cccc([N+](=O)[O-])c2)cc1C. The number of rotatable bonds is 6. The summed E-state index contributed by atoms with van der Waals surface area (Å²) in [6.07, 6.45) is 0. The van der Waals surface area contributed by atoms with Gasteiger partial charge in [-0.05, 0) is 49.6 Å². The summed E-state index contributed by atoms with van der Waals surface area (Å²) >= 11 is 0. The van der Waals surface area contributed by atoms with Crippen molar-refractivity contribution in [1.82, 2.24) is 4.90 Å². The van der Waals surface area contributed by atoms with Crippen molar-refractivity contribution in [3.63, 3.8) is 0 Å². The van der Waals surface area contributed by atoms with Crippen molar-refractivity contribution in [2.75, 3.05) is 13.7 Å². The van der Waals surface area contributed by atoms with Gasteiger partial charge in [0.15, 0.2) is 6.61 Å². The van der Waals surface area contributed by atoms with Crippen LogP contribution in [-0.2, 0) is 4.79 Å². The Morgan fingerprint density at radius 1 is 1.20 bits per heavy atom. The van der Waals surface area contributed by atoms with Crippen LogP contribution >= 0.6 is 0 Å². The van der Waals surface area contributed by atoms with Gasteiger partial charge in [0.05, 0.1) is 11.0 Å². The molecule has 0 bridgehead atoms. The lowest BCUT2D eigenvalue weighted by Gasteiger charge is -2.25. The van der Waals surface area contributed by atoms with E-state index in [0.29, 0.717) is 11.3 Å². The van der Waals surface area contributed by atoms with Crippen LogP contribution in [0.2, 0.25) is 0 Å². The summed E-state index contributed by atoms with van der Waals surface area (Å²) in [7, 11) is 1.66. The highest BCUT2D eigenvalue weighted by Crippen LogP contribution is 2.23. The maximum atomic E-state index is 12.4. The highest BCUT2D eigenvalue weighted by molar-refractivity contribution is 5.78. The molecule has 25 heavy (non-hydrogen) atoms. The number of hydrogen-bond donors (Lipinski definition) is 0. The minimum atomic E-state index is -0.444. The summed E-state index contributed by atoms with van der Waals surface area (Å²) in [5.74, 6) is 0.449. The molecule has 0 spiro atoms. The van der Waals surface area contributed by atoms with Crippen LogP contribution in [0.5, 0.6) is 5.75 Å². The lowest BCUT2D eigenvalue weighted by atomic mass is 10.1. The molecule has 2 aromatic carbocycles. The van der Waals surface area contributed by atoms with Crippen molar-refractivity contribution in [1.29, 1.82) is 0 Å². The molecule has 0 aromatic heterocycles. The quantitative estimate of drug-likeness (QED) is 0.591. The van der Waals surface area contributed by atoms with Gasteiger partial charge < -0.3 is 9.64 Å². The molecule has 1 atom stereocenters. The normalized spacial score (nSPS) is 11.7. The van der Waals surface area contributed by atoms with Crippen molar-refractivity contribution < 1.29 is 14.5 Å². The smallest absolute Gasteiger partial charge is 0.269 e. The lowest BCUT2D eigenvalue weighted by molar-refractivity contribution is -0.384. The molecule has 0 aliphatic carbocycles. The molecule has 2 rings (SSSR count). The van der Waals surface area contributed by atoms with Crippen LogP contribution in [-0.4, -0.2) is 29.4 Å². The second-order valence-corrected chi connectivity index (χ2v) is 6.07. The zero-order valence-electron chi connectivity index (χ0n) is 14.9. The minimum absolute atomic E-state index is 0.0107. The fourth-order valence-electron chi connectivity index (χ4n) is 2.39. The average molecular weight is 342 g/mol. The topological polar surface area (TPSA) is 72.7 Å². The molecule has 0 N–H and O–H groups in total. The fraction of sp³-hybridized carbons (Fsp3) is 0.316. The van der Waals surface area contributed by atoms with Gasteiger partial charge in [-0.3, -0.25) is 14.9 Å². The molecule has 0 fully saturated rings. The third kappa shape index (κ3) is 4.56. The first kappa shape index (κ1) is 18.4. The molecule has 0 heterocycles. The number of hydrogen-bond acceptors (Lipinski definition) is 4. The Kier molecular flexibility index (Phi) is 5.75. The first-order valence-corrected chi connectivity index (χ1v) is 7.99. The molecule has 0 saturated heterocycles. The number of amides is 1. The number of nitro benzene ring substituents is 1. The van der Waals surface area contributed by atoms with Gasteiger partial charge in [0, 0.05) is 19.2 Å². The van der Waals surface area contributed by atoms with E-state index in [9.17, 15) is 14.9 Å². The Balaban J connectivity index is 2.02. The number of carbonyl (C=O) groups excluding carboxylic acids is 1. The van der Waals surface area contributed by atoms with E-state index in [-0.39, 0.29) is 24.2 Å². The summed E-state index contributed by atoms with van der Waals surface area (Å²) < 4.78 is 5.57. The van der Waals surface area contributed by atoms with E-state index in [1.165, 1.54) is 17.0 Å². The van der Waals surface area contributed by atoms with Gasteiger partial charge in [-0.2, -0.15) is 0 Å². The summed E-state index contributed by atoms with van der Waals surface area (Å²) in [4.78, 5) is 24.3. The van der Waals surface area contributed by atoms with Gasteiger partial charge in [0.25, 0.3) is 11.6 Å². The number of benzene rings is 2. The molecule has 132 valence electrons. The Hall–Kier alpha value is -2.89. The summed E-state index contributed by atoms with van der Waals surface area (Å²) in [6, 6.07) is 11.7. The maximum absolute atomic E-state index is 12.4. The summed E-state index contributed by atoms with van der Waals surface area (Å²) in [5, 5.41) is 10.9. The molecule has 0 aliphatic rings. The van der Waals surface area contributed by atoms with E-state index in [0.717, 1.165) is 11.1 Å². The van der Waals surface area contributed by atoms with Gasteiger partial charge >= 0.3 is 0 Å². The van der Waals surface area contributed by atoms with Crippen molar-refractivity contribution in [3.8, 4) is 5.75 Å². The third-order valence-corrected chi connectivity index (χ3v) is 4.38. The number of aryl methyl sites for hydroxylation is 2. The summed E-state index contributed by atoms with van der Waals surface area (Å²) in [6.45, 7) is 5.74. The number of nitro groups is 1. The van der Waals surface area contributed by atoms with Gasteiger partial charge in [-0.15, -0.1) is 0 Å². The van der Waals surface area contributed by atoms with E-state index in [4.69, 9.17) is 4.74 Å². The van der Waals surface area contributed by atoms with E-state index >= 15 is 0 Å². The molecular formula is C19H22N2O4. The number of non-ortho nitro benzene ring substituents is 1. The molecule has 0 saturated carbocycles. The van der Waals surface area contributed by atoms with Crippen molar-refractivity contribution in [2.24, 2.45) is 0 Å². The monoisotopic (exact) mass is 342 g/mol. The Labute approximate surface area is 147 Å². The van der Waals surface area contributed by atoms with Gasteiger partial charge in [0.2, 0.25) is 0 Å². The predicted molar refractivity (Wildman–Crippen MR) is 95.7 cm³/mol. The van der Waals surface area contributed by atoms with E-state index in [2.05, 4.69) is 0 Å². The fourth-order valence-corrected chi connectivity index (χ4v) is 2.39. The zero-order chi connectivity index (χ0) is 18.6. The molecule has 0 unspecified atom stereocenters. The molecule has 6 nitrogen and oxygen atoms in total. The Morgan fingerprint density at radius 3 is 2.56 bits per heavy atom. The molecular weight excluding hydrogens is 320 g/mol. The van der Waals surface area contributed by atoms with Crippen molar-refractivity contribution in [3.05, 3.63) is 69.3 Å². The van der Waals surface area contributed by atoms with Crippen LogP contribution in [0.1, 0.15) is 29.7 Å². The van der Waals surface area contributed by atoms with Gasteiger partial charge in [0.1, 0.15) is 5.75 Å². The predicted octanol–water partition coefficient (Wildman–Crippen LogP) is 3.81. The van der Waals surface area contributed by atoms with Crippen molar-refractivity contribution in [2.45, 2.75) is 26.8 Å². The van der Waals surface area contributed by atoms with Gasteiger partial charge in [-0.25, -0.2) is 0 Å². The van der Waals surface area contributed by atoms with Crippen LogP contribution in [0, 0.1) is 24.0 Å². The standard InChI is InChI=1S/C19H22N2O4/c1-13-8-9-18(10-14(13)2)25-12-19(22)20(4)15(3)16-6-5-7-17(11-16)21(23)24/h5-11,15H,12H2,1-4H3/t15-/m0/s1. The van der Waals surface area contributed by atoms with Crippen molar-refractivity contribution >= 4 is 11.6 Å². The van der Waals surface area contributed by atoms with Crippen LogP contribution < -0.4 is 4.74 Å². The highest BCUT2D eigenvalue weighted by Gasteiger charge is 2.19. The van der Waals surface area contributed by atoms with Gasteiger partial charge in [-0.1, -0.05) is 18.2 Å². The van der Waals surface area contributed by atoms with E-state index in [1.54, 1.807) is 19.2 Å². The average Bonchev–Trinajstić information content (AvgIpc) is 2.61. The lowest BCUT2D eigenvalue weighted by Crippen LogP contribution is -2.33. The Bertz CT molecular complexity index is 789. The second kappa shape index (κ2) is 7.79. The molecule has 2 aromatic rings. The van der Waals surface area contributed by atoms with E-state index in [1.807, 2.05) is 39.0 Å². The third-order valence-electron chi connectivity index (χ3n) is 4.38. The number of carbonyl (C=O) groups is 1. The largest absolute Gasteiger partial charge is 0.484 e. The Morgan fingerprint density at radius 2 is 1.92 bits per heavy atom. The number of likely N-dealkylation sites (N-methyl/N-ethyl adjacent to an activating group) is 1. The van der Waals surface area contributed by atoms with Crippen LogP contribution in [0.3, 0.4) is 0 Å². The maximum Gasteiger partial charge on any atom is 0.269 e. The van der Waals surface area contributed by atoms with Crippen LogP contribution in [0.25, 0.3) is 0 Å². The first-order valence-electron chi connectivity index (χ1n) is 7.99. The molecule has 1 amide bonds. The zero-order valence-corrected chi connectivity index (χ0v) is 14.9. The van der Waals surface area contributed by atoms with Crippen LogP contribution in [0.15, 0.2) is 42.5 Å². The molecule has 0 aliphatic heterocycles. The molecule has 6 heteroatoms. The first-order chi connectivity index (χ1) is 11.8. The minimum Gasteiger partial charge on any atom is -0.484 e. The van der Waals surface area contributed by atoms with E-state index < -0.39 is 4.92 Å². The highest BCUT2D eigenvalue weighted by atomic mass is 16.6. The second-order valence-electron chi connectivity index (χ2n) is 6.07. The molecule has 0 radical (unpaired) electrons. The number of ether oxygens (including phenoxy) is 1. The summed E-state index contributed by atoms with van der Waals surface area (Å²) in [5.41, 5.74) is 2.98. The number of nitrogens with zero attached hydrogens (tertiary/aromatic N) is 2. The van der Waals surface area contributed by atoms with Crippen LogP contribution in [0.4, 0.5) is 5.69 Å².